The average Bonchev–Trinajstić information content (AvgIpc) is 3.48. The highest BCUT2D eigenvalue weighted by Crippen LogP contribution is 2.45. The highest BCUT2D eigenvalue weighted by molar-refractivity contribution is 8.00. The monoisotopic (exact) mass is 574 g/mol. The predicted octanol–water partition coefficient (Wildman–Crippen LogP) is 6.39. The van der Waals surface area contributed by atoms with Crippen LogP contribution in [-0.4, -0.2) is 58.8 Å². The Bertz CT molecular complexity index is 1500. The van der Waals surface area contributed by atoms with Gasteiger partial charge in [0.2, 0.25) is 5.95 Å². The van der Waals surface area contributed by atoms with Crippen LogP contribution in [-0.2, 0) is 0 Å². The normalized spacial score (nSPS) is 16.9. The number of nitrogens with zero attached hydrogens (tertiary/aromatic N) is 4. The highest BCUT2D eigenvalue weighted by Gasteiger charge is 2.34. The predicted molar refractivity (Wildman–Crippen MR) is 170 cm³/mol. The van der Waals surface area contributed by atoms with Crippen molar-refractivity contribution in [3.8, 4) is 5.75 Å². The summed E-state index contributed by atoms with van der Waals surface area (Å²) in [7, 11) is 3.75. The Hall–Kier alpha value is -3.34. The van der Waals surface area contributed by atoms with Gasteiger partial charge in [-0.1, -0.05) is 26.0 Å². The van der Waals surface area contributed by atoms with Crippen molar-refractivity contribution in [3.05, 3.63) is 53.2 Å². The van der Waals surface area contributed by atoms with Crippen molar-refractivity contribution in [2.75, 3.05) is 37.4 Å². The van der Waals surface area contributed by atoms with E-state index in [-0.39, 0.29) is 6.23 Å². The van der Waals surface area contributed by atoms with Gasteiger partial charge < -0.3 is 20.7 Å². The third-order valence-corrected chi connectivity index (χ3v) is 8.43. The SMILES string of the molecule is CNC.Cc1cc2c(cc1C1CCNCC1)OC(C)N2c1nc(Nc2ccccc2SC(C)C)c2c(C)[nH]nc2n1. The molecule has 4 heterocycles. The summed E-state index contributed by atoms with van der Waals surface area (Å²) in [6.07, 6.45) is 2.08. The van der Waals surface area contributed by atoms with Gasteiger partial charge in [0.05, 0.1) is 16.8 Å². The first-order valence-corrected chi connectivity index (χ1v) is 15.3. The molecule has 0 spiro atoms. The molecule has 9 nitrogen and oxygen atoms in total. The maximum atomic E-state index is 6.38. The van der Waals surface area contributed by atoms with Gasteiger partial charge in [0.15, 0.2) is 11.9 Å². The zero-order valence-electron chi connectivity index (χ0n) is 25.1. The fraction of sp³-hybridized carbons (Fsp3) is 0.452. The summed E-state index contributed by atoms with van der Waals surface area (Å²) < 4.78 is 6.38. The van der Waals surface area contributed by atoms with Crippen LogP contribution in [0.15, 0.2) is 41.3 Å². The van der Waals surface area contributed by atoms with Gasteiger partial charge in [0.1, 0.15) is 11.6 Å². The largest absolute Gasteiger partial charge is 0.468 e. The van der Waals surface area contributed by atoms with Crippen LogP contribution in [0.4, 0.5) is 23.1 Å². The van der Waals surface area contributed by atoms with Gasteiger partial charge in [-0.2, -0.15) is 15.1 Å². The number of thioether (sulfide) groups is 1. The van der Waals surface area contributed by atoms with E-state index in [0.717, 1.165) is 60.0 Å². The van der Waals surface area contributed by atoms with Gasteiger partial charge in [-0.05, 0) is 102 Å². The lowest BCUT2D eigenvalue weighted by Crippen LogP contribution is -2.29. The van der Waals surface area contributed by atoms with Gasteiger partial charge in [0, 0.05) is 15.8 Å². The van der Waals surface area contributed by atoms with Gasteiger partial charge in [0.25, 0.3) is 0 Å². The first kappa shape index (κ1) is 29.2. The molecule has 10 heteroatoms. The van der Waals surface area contributed by atoms with E-state index in [9.17, 15) is 0 Å². The lowest BCUT2D eigenvalue weighted by atomic mass is 9.87. The Balaban J connectivity index is 0.00000108. The lowest BCUT2D eigenvalue weighted by Gasteiger charge is -2.25. The molecule has 2 aromatic carbocycles. The minimum Gasteiger partial charge on any atom is -0.468 e. The molecule has 41 heavy (non-hydrogen) atoms. The number of benzene rings is 2. The van der Waals surface area contributed by atoms with Crippen LogP contribution in [0.25, 0.3) is 11.0 Å². The van der Waals surface area contributed by atoms with Gasteiger partial charge >= 0.3 is 0 Å². The number of rotatable bonds is 6. The third kappa shape index (κ3) is 6.14. The second-order valence-electron chi connectivity index (χ2n) is 11.0. The topological polar surface area (TPSA) is 103 Å². The summed E-state index contributed by atoms with van der Waals surface area (Å²) in [6.45, 7) is 12.8. The minimum absolute atomic E-state index is 0.234. The van der Waals surface area contributed by atoms with Gasteiger partial charge in [-0.3, -0.25) is 10.00 Å². The number of aromatic nitrogens is 4. The number of ether oxygens (including phenoxy) is 1. The fourth-order valence-electron chi connectivity index (χ4n) is 5.56. The molecule has 0 saturated carbocycles. The summed E-state index contributed by atoms with van der Waals surface area (Å²) >= 11 is 1.83. The summed E-state index contributed by atoms with van der Waals surface area (Å²) in [5, 5.41) is 18.8. The van der Waals surface area contributed by atoms with E-state index in [1.165, 1.54) is 16.0 Å². The Morgan fingerprint density at radius 1 is 1.07 bits per heavy atom. The third-order valence-electron chi connectivity index (χ3n) is 7.35. The number of hydrogen-bond donors (Lipinski definition) is 4. The van der Waals surface area contributed by atoms with Gasteiger partial charge in [-0.15, -0.1) is 11.8 Å². The van der Waals surface area contributed by atoms with Crippen molar-refractivity contribution in [2.45, 2.75) is 69.8 Å². The Morgan fingerprint density at radius 3 is 2.54 bits per heavy atom. The summed E-state index contributed by atoms with van der Waals surface area (Å²) in [5.41, 5.74) is 6.25. The summed E-state index contributed by atoms with van der Waals surface area (Å²) in [6, 6.07) is 12.8. The smallest absolute Gasteiger partial charge is 0.237 e. The molecule has 2 aliphatic heterocycles. The molecule has 1 atom stereocenters. The fourth-order valence-corrected chi connectivity index (χ4v) is 6.47. The first-order valence-electron chi connectivity index (χ1n) is 14.5. The van der Waals surface area contributed by atoms with Crippen LogP contribution < -0.4 is 25.6 Å². The Labute approximate surface area is 247 Å². The van der Waals surface area contributed by atoms with E-state index in [4.69, 9.17) is 14.7 Å². The number of aryl methyl sites for hydroxylation is 2. The lowest BCUT2D eigenvalue weighted by molar-refractivity contribution is 0.254. The highest BCUT2D eigenvalue weighted by atomic mass is 32.2. The van der Waals surface area contributed by atoms with Crippen molar-refractivity contribution in [1.82, 2.24) is 30.8 Å². The minimum atomic E-state index is -0.234. The number of aromatic amines is 1. The second-order valence-corrected chi connectivity index (χ2v) is 12.6. The maximum Gasteiger partial charge on any atom is 0.237 e. The maximum absolute atomic E-state index is 6.38. The number of anilines is 4. The quantitative estimate of drug-likeness (QED) is 0.195. The number of nitrogens with one attached hydrogen (secondary N) is 4. The molecule has 1 saturated heterocycles. The molecular weight excluding hydrogens is 532 g/mol. The molecule has 2 aliphatic rings. The van der Waals surface area contributed by atoms with E-state index in [2.05, 4.69) is 82.2 Å². The van der Waals surface area contributed by atoms with Crippen LogP contribution in [0.5, 0.6) is 5.75 Å². The molecule has 218 valence electrons. The molecule has 0 radical (unpaired) electrons. The van der Waals surface area contributed by atoms with Crippen LogP contribution in [0.1, 0.15) is 56.4 Å². The van der Waals surface area contributed by atoms with E-state index in [1.807, 2.05) is 45.8 Å². The molecule has 2 aromatic heterocycles. The van der Waals surface area contributed by atoms with E-state index >= 15 is 0 Å². The standard InChI is InChI=1S/C29H35N7OS.C2H7N/c1-16(2)38-25-9-7-6-8-22(25)31-27-26-18(4)34-35-28(26)33-29(32-27)36-19(5)37-24-15-21(17(3)14-23(24)36)20-10-12-30-13-11-20;1-3-2/h6-9,14-16,19-20,30H,10-13H2,1-5H3,(H2,31,32,33,34,35);3H,1-2H3. The first-order chi connectivity index (χ1) is 19.8. The van der Waals surface area contributed by atoms with Gasteiger partial charge in [-0.25, -0.2) is 0 Å². The van der Waals surface area contributed by atoms with Crippen LogP contribution >= 0.6 is 11.8 Å². The molecule has 0 amide bonds. The van der Waals surface area contributed by atoms with Crippen molar-refractivity contribution >= 4 is 45.9 Å². The Kier molecular flexibility index (Phi) is 9.01. The van der Waals surface area contributed by atoms with Crippen molar-refractivity contribution in [1.29, 1.82) is 0 Å². The number of fused-ring (bicyclic) bond motifs is 2. The molecule has 0 aliphatic carbocycles. The van der Waals surface area contributed by atoms with E-state index < -0.39 is 0 Å². The van der Waals surface area contributed by atoms with Crippen LogP contribution in [0, 0.1) is 13.8 Å². The molecular formula is C31H42N8OS. The summed E-state index contributed by atoms with van der Waals surface area (Å²) in [5.74, 6) is 2.76. The van der Waals surface area contributed by atoms with E-state index in [1.54, 1.807) is 0 Å². The number of hydrogen-bond acceptors (Lipinski definition) is 9. The number of H-pyrrole nitrogens is 1. The van der Waals surface area contributed by atoms with E-state index in [0.29, 0.717) is 22.8 Å². The zero-order valence-corrected chi connectivity index (χ0v) is 25.9. The van der Waals surface area contributed by atoms with Crippen LogP contribution in [0.3, 0.4) is 0 Å². The van der Waals surface area contributed by atoms with Crippen molar-refractivity contribution in [3.63, 3.8) is 0 Å². The molecule has 1 fully saturated rings. The number of piperidine rings is 1. The van der Waals surface area contributed by atoms with Crippen molar-refractivity contribution < 1.29 is 4.74 Å². The molecule has 1 unspecified atom stereocenters. The molecule has 4 N–H and O–H groups in total. The second kappa shape index (κ2) is 12.7. The summed E-state index contributed by atoms with van der Waals surface area (Å²) in [4.78, 5) is 13.2. The molecule has 6 rings (SSSR count). The average molecular weight is 575 g/mol. The van der Waals surface area contributed by atoms with Crippen LogP contribution in [0.2, 0.25) is 0 Å². The molecule has 4 aromatic rings. The molecule has 0 bridgehead atoms. The zero-order chi connectivity index (χ0) is 29.1. The number of para-hydroxylation sites is 1. The Morgan fingerprint density at radius 2 is 1.80 bits per heavy atom. The van der Waals surface area contributed by atoms with Crippen molar-refractivity contribution in [2.24, 2.45) is 0 Å².